The molecule has 0 aliphatic carbocycles. The van der Waals surface area contributed by atoms with Crippen LogP contribution in [-0.2, 0) is 6.42 Å². The zero-order valence-electron chi connectivity index (χ0n) is 11.4. The molecule has 108 valence electrons. The number of ketones is 1. The van der Waals surface area contributed by atoms with Crippen molar-refractivity contribution in [2.45, 2.75) is 13.3 Å². The first-order valence-corrected chi connectivity index (χ1v) is 7.32. The van der Waals surface area contributed by atoms with Gasteiger partial charge in [-0.15, -0.1) is 0 Å². The predicted molar refractivity (Wildman–Crippen MR) is 82.3 cm³/mol. The van der Waals surface area contributed by atoms with Gasteiger partial charge in [0.05, 0.1) is 12.2 Å². The van der Waals surface area contributed by atoms with Crippen molar-refractivity contribution in [1.82, 2.24) is 0 Å². The highest BCUT2D eigenvalue weighted by Crippen LogP contribution is 2.34. The lowest BCUT2D eigenvalue weighted by Gasteiger charge is -2.10. The Labute approximate surface area is 130 Å². The molecule has 2 aromatic rings. The van der Waals surface area contributed by atoms with Crippen molar-refractivity contribution in [2.75, 3.05) is 12.3 Å². The number of nitrogen functional groups attached to an aromatic ring is 1. The summed E-state index contributed by atoms with van der Waals surface area (Å²) in [5.41, 5.74) is 8.00. The standard InChI is InChI=1S/C16H13BrFNO2/c1-8-13(18)5-10(6-14(8)19)15(20)12-7-11(17)4-9-2-3-21-16(9)12/h4-7H,2-3,19H2,1H3. The number of carbonyl (C=O) groups is 1. The van der Waals surface area contributed by atoms with Gasteiger partial charge >= 0.3 is 0 Å². The molecule has 0 saturated carbocycles. The molecule has 0 radical (unpaired) electrons. The average molecular weight is 350 g/mol. The van der Waals surface area contributed by atoms with Gasteiger partial charge in [-0.1, -0.05) is 15.9 Å². The smallest absolute Gasteiger partial charge is 0.196 e. The van der Waals surface area contributed by atoms with E-state index < -0.39 is 5.82 Å². The van der Waals surface area contributed by atoms with Gasteiger partial charge in [0.15, 0.2) is 5.78 Å². The van der Waals surface area contributed by atoms with Crippen LogP contribution in [0, 0.1) is 12.7 Å². The summed E-state index contributed by atoms with van der Waals surface area (Å²) in [6, 6.07) is 6.35. The molecule has 2 N–H and O–H groups in total. The van der Waals surface area contributed by atoms with Crippen molar-refractivity contribution < 1.29 is 13.9 Å². The van der Waals surface area contributed by atoms with E-state index in [4.69, 9.17) is 10.5 Å². The quantitative estimate of drug-likeness (QED) is 0.665. The number of fused-ring (bicyclic) bond motifs is 1. The number of halogens is 2. The minimum Gasteiger partial charge on any atom is -0.492 e. The maximum atomic E-state index is 13.8. The van der Waals surface area contributed by atoms with Crippen LogP contribution in [0.5, 0.6) is 5.75 Å². The van der Waals surface area contributed by atoms with Gasteiger partial charge in [-0.3, -0.25) is 4.79 Å². The highest BCUT2D eigenvalue weighted by atomic mass is 79.9. The third-order valence-electron chi connectivity index (χ3n) is 3.64. The van der Waals surface area contributed by atoms with Gasteiger partial charge in [-0.2, -0.15) is 0 Å². The molecule has 0 aromatic heterocycles. The van der Waals surface area contributed by atoms with Gasteiger partial charge in [0.2, 0.25) is 0 Å². The first-order valence-electron chi connectivity index (χ1n) is 6.53. The maximum absolute atomic E-state index is 13.8. The number of ether oxygens (including phenoxy) is 1. The Balaban J connectivity index is 2.12. The minimum absolute atomic E-state index is 0.228. The lowest BCUT2D eigenvalue weighted by atomic mass is 9.98. The third-order valence-corrected chi connectivity index (χ3v) is 4.10. The highest BCUT2D eigenvalue weighted by Gasteiger charge is 2.23. The van der Waals surface area contributed by atoms with Crippen molar-refractivity contribution in [2.24, 2.45) is 0 Å². The average Bonchev–Trinajstić information content (AvgIpc) is 2.90. The first-order chi connectivity index (χ1) is 9.97. The third kappa shape index (κ3) is 2.42. The summed E-state index contributed by atoms with van der Waals surface area (Å²) in [5.74, 6) is -0.186. The van der Waals surface area contributed by atoms with E-state index in [1.165, 1.54) is 12.1 Å². The van der Waals surface area contributed by atoms with E-state index in [-0.39, 0.29) is 17.0 Å². The molecule has 3 rings (SSSR count). The fraction of sp³-hybridized carbons (Fsp3) is 0.188. The molecule has 1 aliphatic heterocycles. The normalized spacial score (nSPS) is 12.9. The Morgan fingerprint density at radius 3 is 2.81 bits per heavy atom. The second-order valence-corrected chi connectivity index (χ2v) is 5.96. The minimum atomic E-state index is -0.481. The van der Waals surface area contributed by atoms with Crippen molar-refractivity contribution >= 4 is 27.4 Å². The summed E-state index contributed by atoms with van der Waals surface area (Å²) in [6.45, 7) is 2.13. The lowest BCUT2D eigenvalue weighted by molar-refractivity contribution is 0.103. The molecule has 0 saturated heterocycles. The van der Waals surface area contributed by atoms with Gasteiger partial charge < -0.3 is 10.5 Å². The van der Waals surface area contributed by atoms with Crippen LogP contribution in [0.15, 0.2) is 28.7 Å². The number of rotatable bonds is 2. The molecule has 5 heteroatoms. The monoisotopic (exact) mass is 349 g/mol. The molecule has 2 aromatic carbocycles. The van der Waals surface area contributed by atoms with Crippen molar-refractivity contribution in [3.05, 3.63) is 56.8 Å². The molecule has 3 nitrogen and oxygen atoms in total. The molecule has 1 heterocycles. The molecule has 0 bridgehead atoms. The molecule has 0 atom stereocenters. The van der Waals surface area contributed by atoms with Gasteiger partial charge in [0.25, 0.3) is 0 Å². The Morgan fingerprint density at radius 2 is 2.10 bits per heavy atom. The summed E-state index contributed by atoms with van der Waals surface area (Å²) in [5, 5.41) is 0. The summed E-state index contributed by atoms with van der Waals surface area (Å²) in [6.07, 6.45) is 0.763. The largest absolute Gasteiger partial charge is 0.492 e. The van der Waals surface area contributed by atoms with Crippen LogP contribution < -0.4 is 10.5 Å². The number of benzene rings is 2. The summed E-state index contributed by atoms with van der Waals surface area (Å²) >= 11 is 3.39. The Kier molecular flexibility index (Phi) is 3.45. The molecule has 0 amide bonds. The van der Waals surface area contributed by atoms with Crippen LogP contribution in [0.25, 0.3) is 0 Å². The number of hydrogen-bond donors (Lipinski definition) is 1. The van der Waals surface area contributed by atoms with E-state index in [9.17, 15) is 9.18 Å². The summed E-state index contributed by atoms with van der Waals surface area (Å²) in [7, 11) is 0. The Bertz CT molecular complexity index is 735. The lowest BCUT2D eigenvalue weighted by Crippen LogP contribution is -2.06. The molecular formula is C16H13BrFNO2. The SMILES string of the molecule is Cc1c(N)cc(C(=O)c2cc(Br)cc3c2OCC3)cc1F. The van der Waals surface area contributed by atoms with Gasteiger partial charge in [-0.25, -0.2) is 4.39 Å². The Hall–Kier alpha value is -1.88. The van der Waals surface area contributed by atoms with Gasteiger partial charge in [0, 0.05) is 27.7 Å². The van der Waals surface area contributed by atoms with Crippen LogP contribution in [-0.4, -0.2) is 12.4 Å². The van der Waals surface area contributed by atoms with Crippen LogP contribution >= 0.6 is 15.9 Å². The first kappa shape index (κ1) is 14.1. The molecule has 1 aliphatic rings. The van der Waals surface area contributed by atoms with Crippen LogP contribution in [0.4, 0.5) is 10.1 Å². The fourth-order valence-electron chi connectivity index (χ4n) is 2.42. The van der Waals surface area contributed by atoms with Crippen molar-refractivity contribution in [1.29, 1.82) is 0 Å². The predicted octanol–water partition coefficient (Wildman–Crippen LogP) is 3.64. The van der Waals surface area contributed by atoms with Crippen LogP contribution in [0.3, 0.4) is 0 Å². The van der Waals surface area contributed by atoms with Crippen LogP contribution in [0.2, 0.25) is 0 Å². The maximum Gasteiger partial charge on any atom is 0.196 e. The highest BCUT2D eigenvalue weighted by molar-refractivity contribution is 9.10. The fourth-order valence-corrected chi connectivity index (χ4v) is 2.93. The second kappa shape index (κ2) is 5.15. The number of anilines is 1. The van der Waals surface area contributed by atoms with Crippen LogP contribution in [0.1, 0.15) is 27.0 Å². The second-order valence-electron chi connectivity index (χ2n) is 5.04. The molecular weight excluding hydrogens is 337 g/mol. The van der Waals surface area contributed by atoms with E-state index in [1.54, 1.807) is 13.0 Å². The number of carbonyl (C=O) groups excluding carboxylic acids is 1. The molecule has 0 fully saturated rings. The summed E-state index contributed by atoms with van der Waals surface area (Å²) < 4.78 is 20.1. The number of hydrogen-bond acceptors (Lipinski definition) is 3. The molecule has 0 spiro atoms. The van der Waals surface area contributed by atoms with Gasteiger partial charge in [0.1, 0.15) is 11.6 Å². The van der Waals surface area contributed by atoms with Crippen molar-refractivity contribution in [3.63, 3.8) is 0 Å². The zero-order valence-corrected chi connectivity index (χ0v) is 13.0. The van der Waals surface area contributed by atoms with Crippen molar-refractivity contribution in [3.8, 4) is 5.75 Å². The molecule has 21 heavy (non-hydrogen) atoms. The topological polar surface area (TPSA) is 52.3 Å². The van der Waals surface area contributed by atoms with E-state index in [0.717, 1.165) is 16.5 Å². The van der Waals surface area contributed by atoms with E-state index >= 15 is 0 Å². The Morgan fingerprint density at radius 1 is 1.33 bits per heavy atom. The van der Waals surface area contributed by atoms with E-state index in [1.807, 2.05) is 6.07 Å². The zero-order chi connectivity index (χ0) is 15.1. The van der Waals surface area contributed by atoms with E-state index in [2.05, 4.69) is 15.9 Å². The summed E-state index contributed by atoms with van der Waals surface area (Å²) in [4.78, 5) is 12.7. The van der Waals surface area contributed by atoms with E-state index in [0.29, 0.717) is 23.5 Å². The number of nitrogens with two attached hydrogens (primary N) is 1. The molecule has 0 unspecified atom stereocenters. The van der Waals surface area contributed by atoms with Gasteiger partial charge in [-0.05, 0) is 36.8 Å².